The normalized spacial score (nSPS) is 19.4. The van der Waals surface area contributed by atoms with Crippen LogP contribution in [0.15, 0.2) is 42.6 Å². The van der Waals surface area contributed by atoms with E-state index in [9.17, 15) is 14.4 Å². The molecule has 2 aromatic rings. The summed E-state index contributed by atoms with van der Waals surface area (Å²) in [6, 6.07) is 8.97. The van der Waals surface area contributed by atoms with Gasteiger partial charge in [0.25, 0.3) is 5.91 Å². The zero-order chi connectivity index (χ0) is 18.9. The number of aromatic nitrogens is 1. The smallest absolute Gasteiger partial charge is 0.323 e. The maximum Gasteiger partial charge on any atom is 0.325 e. The minimum Gasteiger partial charge on any atom is -0.323 e. The summed E-state index contributed by atoms with van der Waals surface area (Å²) < 4.78 is 0. The molecule has 0 bridgehead atoms. The van der Waals surface area contributed by atoms with E-state index >= 15 is 0 Å². The first-order chi connectivity index (χ1) is 12.3. The molecule has 0 radical (unpaired) electrons. The van der Waals surface area contributed by atoms with Crippen molar-refractivity contribution in [3.8, 4) is 0 Å². The molecule has 1 atom stereocenters. The lowest BCUT2D eigenvalue weighted by molar-refractivity contribution is -0.133. The first-order valence-corrected chi connectivity index (χ1v) is 8.37. The van der Waals surface area contributed by atoms with Gasteiger partial charge in [-0.15, -0.1) is 0 Å². The first kappa shape index (κ1) is 18.2. The monoisotopic (exact) mass is 392 g/mol. The van der Waals surface area contributed by atoms with Crippen molar-refractivity contribution in [1.29, 1.82) is 0 Å². The Bertz CT molecular complexity index is 891. The fourth-order valence-electron chi connectivity index (χ4n) is 2.60. The Balaban J connectivity index is 1.76. The molecule has 1 aromatic carbocycles. The molecule has 1 saturated heterocycles. The molecule has 1 fully saturated rings. The van der Waals surface area contributed by atoms with Crippen molar-refractivity contribution in [1.82, 2.24) is 15.2 Å². The number of halogens is 2. The van der Waals surface area contributed by atoms with Gasteiger partial charge in [0.05, 0.1) is 16.4 Å². The molecule has 0 spiro atoms. The number of urea groups is 1. The second-order valence-corrected chi connectivity index (χ2v) is 6.68. The number of amides is 4. The van der Waals surface area contributed by atoms with E-state index < -0.39 is 29.9 Å². The molecule has 4 amide bonds. The van der Waals surface area contributed by atoms with E-state index in [1.165, 1.54) is 18.3 Å². The van der Waals surface area contributed by atoms with Gasteiger partial charge in [0.1, 0.15) is 6.54 Å². The molecule has 7 nitrogen and oxygen atoms in total. The number of pyridine rings is 1. The van der Waals surface area contributed by atoms with Gasteiger partial charge in [0, 0.05) is 11.2 Å². The summed E-state index contributed by atoms with van der Waals surface area (Å²) >= 11 is 11.9. The molecule has 2 N–H and O–H groups in total. The van der Waals surface area contributed by atoms with Crippen LogP contribution in [-0.2, 0) is 15.1 Å². The lowest BCUT2D eigenvalue weighted by Gasteiger charge is -2.20. The third kappa shape index (κ3) is 3.36. The lowest BCUT2D eigenvalue weighted by atomic mass is 9.97. The van der Waals surface area contributed by atoms with Gasteiger partial charge < -0.3 is 10.6 Å². The van der Waals surface area contributed by atoms with Crippen molar-refractivity contribution in [3.63, 3.8) is 0 Å². The SMILES string of the molecule is CC1(c2ccccn2)NC(=O)N(CC(=O)Nc2cc(Cl)ccc2Cl)C1=O. The van der Waals surface area contributed by atoms with E-state index in [0.29, 0.717) is 21.4 Å². The zero-order valence-electron chi connectivity index (χ0n) is 13.6. The second kappa shape index (κ2) is 6.93. The Kier molecular flexibility index (Phi) is 4.84. The van der Waals surface area contributed by atoms with Crippen LogP contribution in [0.2, 0.25) is 10.0 Å². The number of anilines is 1. The van der Waals surface area contributed by atoms with Crippen LogP contribution in [-0.4, -0.2) is 34.3 Å². The molecule has 134 valence electrons. The summed E-state index contributed by atoms with van der Waals surface area (Å²) in [5, 5.41) is 5.81. The lowest BCUT2D eigenvalue weighted by Crippen LogP contribution is -2.42. The zero-order valence-corrected chi connectivity index (χ0v) is 15.1. The third-order valence-corrected chi connectivity index (χ3v) is 4.52. The molecule has 2 heterocycles. The van der Waals surface area contributed by atoms with Gasteiger partial charge in [0.15, 0.2) is 5.54 Å². The fraction of sp³-hybridized carbons (Fsp3) is 0.176. The van der Waals surface area contributed by atoms with Crippen molar-refractivity contribution in [3.05, 3.63) is 58.3 Å². The summed E-state index contributed by atoms with van der Waals surface area (Å²) in [7, 11) is 0. The fourth-order valence-corrected chi connectivity index (χ4v) is 2.94. The Labute approximate surface area is 159 Å². The number of imide groups is 1. The third-order valence-electron chi connectivity index (χ3n) is 3.96. The van der Waals surface area contributed by atoms with Crippen molar-refractivity contribution in [2.24, 2.45) is 0 Å². The summed E-state index contributed by atoms with van der Waals surface area (Å²) in [4.78, 5) is 42.2. The Morgan fingerprint density at radius 2 is 2.04 bits per heavy atom. The number of benzene rings is 1. The van der Waals surface area contributed by atoms with E-state index in [0.717, 1.165) is 4.90 Å². The second-order valence-electron chi connectivity index (χ2n) is 5.83. The van der Waals surface area contributed by atoms with Crippen LogP contribution < -0.4 is 10.6 Å². The van der Waals surface area contributed by atoms with Gasteiger partial charge in [0.2, 0.25) is 5.91 Å². The average molecular weight is 393 g/mol. The van der Waals surface area contributed by atoms with Crippen LogP contribution in [0.1, 0.15) is 12.6 Å². The van der Waals surface area contributed by atoms with Crippen LogP contribution in [0.4, 0.5) is 10.5 Å². The van der Waals surface area contributed by atoms with E-state index in [4.69, 9.17) is 23.2 Å². The van der Waals surface area contributed by atoms with Gasteiger partial charge in [-0.05, 0) is 37.3 Å². The highest BCUT2D eigenvalue weighted by molar-refractivity contribution is 6.35. The predicted octanol–water partition coefficient (Wildman–Crippen LogP) is 2.79. The van der Waals surface area contributed by atoms with Gasteiger partial charge >= 0.3 is 6.03 Å². The molecule has 0 saturated carbocycles. The largest absolute Gasteiger partial charge is 0.325 e. The van der Waals surface area contributed by atoms with Gasteiger partial charge in [-0.3, -0.25) is 19.5 Å². The van der Waals surface area contributed by atoms with E-state index in [1.54, 1.807) is 31.2 Å². The molecule has 0 aliphatic carbocycles. The quantitative estimate of drug-likeness (QED) is 0.782. The molecule has 1 unspecified atom stereocenters. The number of nitrogens with one attached hydrogen (secondary N) is 2. The van der Waals surface area contributed by atoms with Crippen molar-refractivity contribution < 1.29 is 14.4 Å². The van der Waals surface area contributed by atoms with E-state index in [2.05, 4.69) is 15.6 Å². The van der Waals surface area contributed by atoms with Crippen LogP contribution in [0, 0.1) is 0 Å². The number of rotatable bonds is 4. The maximum absolute atomic E-state index is 12.7. The van der Waals surface area contributed by atoms with Gasteiger partial charge in [-0.1, -0.05) is 29.3 Å². The van der Waals surface area contributed by atoms with Gasteiger partial charge in [-0.25, -0.2) is 4.79 Å². The van der Waals surface area contributed by atoms with Crippen molar-refractivity contribution in [2.75, 3.05) is 11.9 Å². The van der Waals surface area contributed by atoms with Crippen LogP contribution in [0.25, 0.3) is 0 Å². The number of hydrogen-bond acceptors (Lipinski definition) is 4. The minimum atomic E-state index is -1.33. The Morgan fingerprint density at radius 3 is 2.73 bits per heavy atom. The molecule has 3 rings (SSSR count). The predicted molar refractivity (Wildman–Crippen MR) is 96.9 cm³/mol. The molecule has 26 heavy (non-hydrogen) atoms. The van der Waals surface area contributed by atoms with Crippen LogP contribution >= 0.6 is 23.2 Å². The Morgan fingerprint density at radius 1 is 1.27 bits per heavy atom. The van der Waals surface area contributed by atoms with E-state index in [1.807, 2.05) is 0 Å². The highest BCUT2D eigenvalue weighted by Gasteiger charge is 2.50. The standard InChI is InChI=1S/C17H14Cl2N4O3/c1-17(13-4-2-3-7-20-13)15(25)23(16(26)22-17)9-14(24)21-12-8-10(18)5-6-11(12)19/h2-8H,9H2,1H3,(H,21,24)(H,22,26). The summed E-state index contributed by atoms with van der Waals surface area (Å²) in [6.07, 6.45) is 1.52. The van der Waals surface area contributed by atoms with Crippen molar-refractivity contribution in [2.45, 2.75) is 12.5 Å². The molecule has 1 aromatic heterocycles. The number of carbonyl (C=O) groups is 3. The highest BCUT2D eigenvalue weighted by atomic mass is 35.5. The van der Waals surface area contributed by atoms with E-state index in [-0.39, 0.29) is 0 Å². The van der Waals surface area contributed by atoms with Crippen molar-refractivity contribution >= 4 is 46.7 Å². The molecule has 1 aliphatic heterocycles. The van der Waals surface area contributed by atoms with Gasteiger partial charge in [-0.2, -0.15) is 0 Å². The summed E-state index contributed by atoms with van der Waals surface area (Å²) in [5.41, 5.74) is -0.644. The van der Waals surface area contributed by atoms with Crippen LogP contribution in [0.5, 0.6) is 0 Å². The molecular formula is C17H14Cl2N4O3. The maximum atomic E-state index is 12.7. The molecule has 9 heteroatoms. The summed E-state index contributed by atoms with van der Waals surface area (Å²) in [5.74, 6) is -1.14. The average Bonchev–Trinajstić information content (AvgIpc) is 2.83. The number of hydrogen-bond donors (Lipinski definition) is 2. The highest BCUT2D eigenvalue weighted by Crippen LogP contribution is 2.28. The number of nitrogens with zero attached hydrogens (tertiary/aromatic N) is 2. The number of carbonyl (C=O) groups excluding carboxylic acids is 3. The topological polar surface area (TPSA) is 91.4 Å². The molecule has 1 aliphatic rings. The molecular weight excluding hydrogens is 379 g/mol. The summed E-state index contributed by atoms with van der Waals surface area (Å²) in [6.45, 7) is 1.08. The first-order valence-electron chi connectivity index (χ1n) is 7.62. The van der Waals surface area contributed by atoms with Crippen LogP contribution in [0.3, 0.4) is 0 Å². The Hall–Kier alpha value is -2.64. The minimum absolute atomic E-state index is 0.290.